The number of alkyl halides is 17. The summed E-state index contributed by atoms with van der Waals surface area (Å²) in [7, 11) is 0. The summed E-state index contributed by atoms with van der Waals surface area (Å²) in [6.45, 7) is 2.01. The monoisotopic (exact) mass is 942 g/mol. The van der Waals surface area contributed by atoms with E-state index >= 15 is 0 Å². The number of aryl methyl sites for hydroxylation is 1. The number of rotatable bonds is 9. The molecule has 0 amide bonds. The van der Waals surface area contributed by atoms with Gasteiger partial charge in [0.25, 0.3) is 0 Å². The van der Waals surface area contributed by atoms with E-state index in [9.17, 15) is 74.6 Å². The summed E-state index contributed by atoms with van der Waals surface area (Å²) in [6.07, 6.45) is -7.82. The van der Waals surface area contributed by atoms with E-state index in [2.05, 4.69) is 6.07 Å². The maximum Gasteiger partial charge on any atom is 0.460 e. The number of hydrogen-bond donors (Lipinski definition) is 0. The zero-order valence-electron chi connectivity index (χ0n) is 32.8. The molecular formula is C47H23F17O2. The molecule has 2 nitrogen and oxygen atoms in total. The molecule has 0 saturated carbocycles. The van der Waals surface area contributed by atoms with E-state index in [1.54, 1.807) is 18.2 Å². The van der Waals surface area contributed by atoms with Gasteiger partial charge in [0.2, 0.25) is 0 Å². The van der Waals surface area contributed by atoms with Crippen LogP contribution in [0.3, 0.4) is 0 Å². The average Bonchev–Trinajstić information content (AvgIpc) is 3.78. The molecule has 0 atom stereocenters. The molecule has 0 aliphatic rings. The van der Waals surface area contributed by atoms with E-state index in [1.165, 1.54) is 12.1 Å². The quantitative estimate of drug-likeness (QED) is 0.135. The van der Waals surface area contributed by atoms with E-state index < -0.39 is 53.2 Å². The molecule has 0 aliphatic carbocycles. The van der Waals surface area contributed by atoms with Crippen molar-refractivity contribution in [2.75, 3.05) is 0 Å². The predicted octanol–water partition coefficient (Wildman–Crippen LogP) is 16.9. The molecular weight excluding hydrogens is 919 g/mol. The molecule has 2 aromatic heterocycles. The Morgan fingerprint density at radius 2 is 0.636 bits per heavy atom. The maximum atomic E-state index is 15.0. The Labute approximate surface area is 357 Å². The Kier molecular flexibility index (Phi) is 9.47. The summed E-state index contributed by atoms with van der Waals surface area (Å²) in [4.78, 5) is 0. The van der Waals surface area contributed by atoms with Crippen molar-refractivity contribution in [2.45, 2.75) is 54.6 Å². The molecule has 9 aromatic rings. The van der Waals surface area contributed by atoms with Crippen LogP contribution < -0.4 is 0 Å². The number of fused-ring (bicyclic) bond motifs is 8. The van der Waals surface area contributed by atoms with Crippen LogP contribution in [0.2, 0.25) is 0 Å². The SMILES string of the molecule is Cc1ccc(-c2ccc3cc4c(cc3c2)oc2cc3c(cc24)oc2cc4cc(-c5ccc(C(F)(F)C(F)(F)C(F)(F)C(F)(F)C(F)(F)C(F)(F)C(F)(F)C(F)(F)F)cc5)ccc4cc23)cc1. The van der Waals surface area contributed by atoms with Gasteiger partial charge >= 0.3 is 47.6 Å². The summed E-state index contributed by atoms with van der Waals surface area (Å²) >= 11 is 0. The molecule has 66 heavy (non-hydrogen) atoms. The Balaban J connectivity index is 1.01. The third-order valence-corrected chi connectivity index (χ3v) is 11.7. The second kappa shape index (κ2) is 14.0. The van der Waals surface area contributed by atoms with Crippen LogP contribution in [0.1, 0.15) is 11.1 Å². The largest absolute Gasteiger partial charge is 0.460 e. The maximum absolute atomic E-state index is 15.0. The molecule has 342 valence electrons. The van der Waals surface area contributed by atoms with Crippen LogP contribution in [0, 0.1) is 6.92 Å². The second-order valence-electron chi connectivity index (χ2n) is 15.8. The van der Waals surface area contributed by atoms with E-state index in [0.717, 1.165) is 38.2 Å². The van der Waals surface area contributed by atoms with E-state index in [4.69, 9.17) is 8.83 Å². The molecule has 7 aromatic carbocycles. The molecule has 0 saturated heterocycles. The number of benzene rings is 7. The van der Waals surface area contributed by atoms with Crippen molar-refractivity contribution in [3.8, 4) is 22.3 Å². The van der Waals surface area contributed by atoms with Crippen LogP contribution >= 0.6 is 0 Å². The fraction of sp³-hybridized carbons (Fsp3) is 0.191. The topological polar surface area (TPSA) is 26.3 Å². The van der Waals surface area contributed by atoms with Gasteiger partial charge in [-0.2, -0.15) is 74.6 Å². The normalized spacial score (nSPS) is 14.2. The molecule has 0 N–H and O–H groups in total. The van der Waals surface area contributed by atoms with Crippen LogP contribution in [-0.2, 0) is 5.92 Å². The Morgan fingerprint density at radius 3 is 1.05 bits per heavy atom. The number of furan rings is 2. The first kappa shape index (κ1) is 44.7. The van der Waals surface area contributed by atoms with Crippen molar-refractivity contribution < 1.29 is 83.5 Å². The molecule has 0 spiro atoms. The van der Waals surface area contributed by atoms with Crippen LogP contribution in [0.4, 0.5) is 74.6 Å². The van der Waals surface area contributed by atoms with Gasteiger partial charge in [-0.25, -0.2) is 0 Å². The zero-order valence-corrected chi connectivity index (χ0v) is 32.8. The molecule has 0 radical (unpaired) electrons. The highest BCUT2D eigenvalue weighted by molar-refractivity contribution is 6.18. The molecule has 0 fully saturated rings. The summed E-state index contributed by atoms with van der Waals surface area (Å²) in [5.74, 6) is -57.0. The zero-order chi connectivity index (χ0) is 47.9. The van der Waals surface area contributed by atoms with Crippen molar-refractivity contribution in [3.63, 3.8) is 0 Å². The van der Waals surface area contributed by atoms with Crippen molar-refractivity contribution in [3.05, 3.63) is 132 Å². The number of halogens is 17. The Hall–Kier alpha value is -6.53. The molecule has 19 heteroatoms. The fourth-order valence-electron chi connectivity index (χ4n) is 7.85. The lowest BCUT2D eigenvalue weighted by atomic mass is 9.87. The Bertz CT molecular complexity index is 3400. The van der Waals surface area contributed by atoms with Gasteiger partial charge in [0.1, 0.15) is 22.3 Å². The first-order valence-corrected chi connectivity index (χ1v) is 19.1. The number of hydrogen-bond acceptors (Lipinski definition) is 2. The minimum Gasteiger partial charge on any atom is -0.456 e. The third kappa shape index (κ3) is 6.16. The van der Waals surface area contributed by atoms with Crippen LogP contribution in [0.5, 0.6) is 0 Å². The second-order valence-corrected chi connectivity index (χ2v) is 15.8. The highest BCUT2D eigenvalue weighted by atomic mass is 19.4. The average molecular weight is 943 g/mol. The van der Waals surface area contributed by atoms with Gasteiger partial charge in [0.15, 0.2) is 0 Å². The van der Waals surface area contributed by atoms with Crippen LogP contribution in [0.15, 0.2) is 130 Å². The van der Waals surface area contributed by atoms with Crippen molar-refractivity contribution in [1.29, 1.82) is 0 Å². The van der Waals surface area contributed by atoms with Gasteiger partial charge in [0.05, 0.1) is 0 Å². The summed E-state index contributed by atoms with van der Waals surface area (Å²) < 4.78 is 248. The van der Waals surface area contributed by atoms with Gasteiger partial charge in [-0.05, 0) is 99.3 Å². The highest BCUT2D eigenvalue weighted by Crippen LogP contribution is 2.65. The minimum atomic E-state index is -8.69. The summed E-state index contributed by atoms with van der Waals surface area (Å²) in [6, 6.07) is 30.8. The molecule has 0 unspecified atom stereocenters. The third-order valence-electron chi connectivity index (χ3n) is 11.7. The lowest BCUT2D eigenvalue weighted by Gasteiger charge is -2.42. The van der Waals surface area contributed by atoms with Gasteiger partial charge in [0, 0.05) is 27.1 Å². The minimum absolute atomic E-state index is 0.0282. The van der Waals surface area contributed by atoms with Crippen molar-refractivity contribution >= 4 is 65.4 Å². The smallest absolute Gasteiger partial charge is 0.456 e. The molecule has 0 bridgehead atoms. The van der Waals surface area contributed by atoms with Crippen molar-refractivity contribution in [2.24, 2.45) is 0 Å². The van der Waals surface area contributed by atoms with Gasteiger partial charge in [-0.15, -0.1) is 0 Å². The Morgan fingerprint density at radius 1 is 0.303 bits per heavy atom. The summed E-state index contributed by atoms with van der Waals surface area (Å²) in [5, 5.41) is 5.92. The fourth-order valence-corrected chi connectivity index (χ4v) is 7.85. The molecule has 2 heterocycles. The lowest BCUT2D eigenvalue weighted by Crippen LogP contribution is -2.74. The van der Waals surface area contributed by atoms with Crippen molar-refractivity contribution in [1.82, 2.24) is 0 Å². The van der Waals surface area contributed by atoms with E-state index in [0.29, 0.717) is 56.0 Å². The molecule has 0 aliphatic heterocycles. The molecule has 9 rings (SSSR count). The summed E-state index contributed by atoms with van der Waals surface area (Å²) in [5.41, 5.74) is 3.07. The lowest BCUT2D eigenvalue weighted by molar-refractivity contribution is -0.462. The first-order chi connectivity index (χ1) is 30.5. The first-order valence-electron chi connectivity index (χ1n) is 19.1. The van der Waals surface area contributed by atoms with E-state index in [1.807, 2.05) is 67.6 Å². The van der Waals surface area contributed by atoms with Crippen LogP contribution in [0.25, 0.3) is 87.7 Å². The van der Waals surface area contributed by atoms with Gasteiger partial charge in [-0.1, -0.05) is 78.4 Å². The van der Waals surface area contributed by atoms with Crippen LogP contribution in [-0.4, -0.2) is 41.7 Å². The predicted molar refractivity (Wildman–Crippen MR) is 211 cm³/mol. The van der Waals surface area contributed by atoms with E-state index in [-0.39, 0.29) is 23.3 Å². The standard InChI is InChI=1S/C47H23F17O2/c1-22-2-4-23(5-3-22)25-6-8-27-16-32-34-20-39-35(21-38(34)65-36(32)18-29(27)14-25)33-17-28-9-7-26(15-30(28)19-37(33)66-39)24-10-12-31(13-11-24)40(48,49)41(50,51)42(52,53)43(54,55)44(56,57)45(58,59)46(60,61)47(62,63)64/h2-21H,1H3. The van der Waals surface area contributed by atoms with Gasteiger partial charge < -0.3 is 8.83 Å². The highest BCUT2D eigenvalue weighted by Gasteiger charge is 2.95. The van der Waals surface area contributed by atoms with Gasteiger partial charge in [-0.3, -0.25) is 0 Å².